The second-order valence-corrected chi connectivity index (χ2v) is 5.35. The van der Waals surface area contributed by atoms with Gasteiger partial charge in [0.15, 0.2) is 5.16 Å². The second kappa shape index (κ2) is 8.43. The van der Waals surface area contributed by atoms with Crippen LogP contribution in [-0.2, 0) is 5.75 Å². The molecule has 0 saturated heterocycles. The topological polar surface area (TPSA) is 82.7 Å². The van der Waals surface area contributed by atoms with Crippen LogP contribution in [-0.4, -0.2) is 40.7 Å². The Labute approximate surface area is 128 Å². The van der Waals surface area contributed by atoms with Gasteiger partial charge in [-0.1, -0.05) is 30.8 Å². The normalized spacial score (nSPS) is 10.5. The van der Waals surface area contributed by atoms with E-state index < -0.39 is 0 Å². The van der Waals surface area contributed by atoms with E-state index in [1.165, 1.54) is 6.33 Å². The van der Waals surface area contributed by atoms with Crippen molar-refractivity contribution in [1.82, 2.24) is 25.8 Å². The molecule has 1 aromatic carbocycles. The Morgan fingerprint density at radius 3 is 2.76 bits per heavy atom. The number of benzene rings is 1. The third kappa shape index (κ3) is 5.20. The maximum atomic E-state index is 11.9. The summed E-state index contributed by atoms with van der Waals surface area (Å²) in [4.78, 5) is 15.9. The molecule has 2 aromatic rings. The van der Waals surface area contributed by atoms with Gasteiger partial charge in [-0.3, -0.25) is 9.89 Å². The smallest absolute Gasteiger partial charge is 0.251 e. The monoisotopic (exact) mass is 305 g/mol. The molecular weight excluding hydrogens is 286 g/mol. The van der Waals surface area contributed by atoms with Crippen molar-refractivity contribution in [3.63, 3.8) is 0 Å². The highest BCUT2D eigenvalue weighted by molar-refractivity contribution is 7.98. The van der Waals surface area contributed by atoms with Gasteiger partial charge < -0.3 is 10.6 Å². The summed E-state index contributed by atoms with van der Waals surface area (Å²) in [7, 11) is 0. The lowest BCUT2D eigenvalue weighted by molar-refractivity contribution is 0.0954. The molecule has 0 aliphatic heterocycles. The summed E-state index contributed by atoms with van der Waals surface area (Å²) in [6.07, 6.45) is 1.49. The number of thioether (sulfide) groups is 1. The van der Waals surface area contributed by atoms with E-state index in [0.29, 0.717) is 12.1 Å². The van der Waals surface area contributed by atoms with Crippen molar-refractivity contribution in [2.24, 2.45) is 0 Å². The molecule has 0 aliphatic carbocycles. The average molecular weight is 305 g/mol. The van der Waals surface area contributed by atoms with Crippen molar-refractivity contribution in [1.29, 1.82) is 0 Å². The molecule has 0 radical (unpaired) electrons. The molecule has 0 aliphatic rings. The Balaban J connectivity index is 1.79. The highest BCUT2D eigenvalue weighted by Crippen LogP contribution is 2.18. The van der Waals surface area contributed by atoms with Gasteiger partial charge in [0.1, 0.15) is 6.33 Å². The summed E-state index contributed by atoms with van der Waals surface area (Å²) < 4.78 is 0. The molecule has 0 bridgehead atoms. The number of hydrogen-bond acceptors (Lipinski definition) is 5. The SMILES string of the molecule is CCNCCNC(=O)c1ccc(CSc2ncn[nH]2)cc1. The fourth-order valence-electron chi connectivity index (χ4n) is 1.71. The molecule has 1 heterocycles. The lowest BCUT2D eigenvalue weighted by Gasteiger charge is -2.06. The lowest BCUT2D eigenvalue weighted by atomic mass is 10.1. The minimum Gasteiger partial charge on any atom is -0.351 e. The summed E-state index contributed by atoms with van der Waals surface area (Å²) in [6.45, 7) is 4.37. The first kappa shape index (κ1) is 15.5. The highest BCUT2D eigenvalue weighted by Gasteiger charge is 2.05. The van der Waals surface area contributed by atoms with Crippen molar-refractivity contribution in [3.8, 4) is 0 Å². The van der Waals surface area contributed by atoms with Gasteiger partial charge >= 0.3 is 0 Å². The molecule has 0 atom stereocenters. The number of hydrogen-bond donors (Lipinski definition) is 3. The van der Waals surface area contributed by atoms with E-state index in [4.69, 9.17) is 0 Å². The summed E-state index contributed by atoms with van der Waals surface area (Å²) >= 11 is 1.58. The van der Waals surface area contributed by atoms with Gasteiger partial charge in [-0.15, -0.1) is 0 Å². The first-order chi connectivity index (χ1) is 10.3. The minimum atomic E-state index is -0.0395. The van der Waals surface area contributed by atoms with Crippen LogP contribution in [0.4, 0.5) is 0 Å². The molecule has 112 valence electrons. The van der Waals surface area contributed by atoms with E-state index in [0.717, 1.165) is 29.6 Å². The zero-order chi connectivity index (χ0) is 14.9. The van der Waals surface area contributed by atoms with E-state index in [1.807, 2.05) is 31.2 Å². The van der Waals surface area contributed by atoms with Gasteiger partial charge in [0, 0.05) is 24.4 Å². The molecular formula is C14H19N5OS. The summed E-state index contributed by atoms with van der Waals surface area (Å²) in [5.41, 5.74) is 1.82. The Kier molecular flexibility index (Phi) is 6.23. The third-order valence-electron chi connectivity index (χ3n) is 2.82. The van der Waals surface area contributed by atoms with Crippen LogP contribution in [0.1, 0.15) is 22.8 Å². The third-order valence-corrected chi connectivity index (χ3v) is 3.77. The van der Waals surface area contributed by atoms with Crippen molar-refractivity contribution in [3.05, 3.63) is 41.7 Å². The summed E-state index contributed by atoms with van der Waals surface area (Å²) in [5, 5.41) is 13.4. The fraction of sp³-hybridized carbons (Fsp3) is 0.357. The van der Waals surface area contributed by atoms with E-state index >= 15 is 0 Å². The number of aromatic amines is 1. The van der Waals surface area contributed by atoms with Gasteiger partial charge in [-0.2, -0.15) is 5.10 Å². The first-order valence-electron chi connectivity index (χ1n) is 6.85. The van der Waals surface area contributed by atoms with Crippen LogP contribution in [0.2, 0.25) is 0 Å². The molecule has 0 saturated carbocycles. The van der Waals surface area contributed by atoms with Crippen LogP contribution >= 0.6 is 11.8 Å². The molecule has 6 nitrogen and oxygen atoms in total. The predicted molar refractivity (Wildman–Crippen MR) is 83.3 cm³/mol. The Hall–Kier alpha value is -1.86. The van der Waals surface area contributed by atoms with Gasteiger partial charge in [0.25, 0.3) is 5.91 Å². The predicted octanol–water partition coefficient (Wildman–Crippen LogP) is 1.44. The maximum Gasteiger partial charge on any atom is 0.251 e. The molecule has 7 heteroatoms. The summed E-state index contributed by atoms with van der Waals surface area (Å²) in [5.74, 6) is 0.750. The van der Waals surface area contributed by atoms with Crippen LogP contribution < -0.4 is 10.6 Å². The molecule has 1 amide bonds. The average Bonchev–Trinajstić information content (AvgIpc) is 3.03. The fourth-order valence-corrected chi connectivity index (χ4v) is 2.45. The number of nitrogens with one attached hydrogen (secondary N) is 3. The number of likely N-dealkylation sites (N-methyl/N-ethyl adjacent to an activating group) is 1. The van der Waals surface area contributed by atoms with Crippen molar-refractivity contribution < 1.29 is 4.79 Å². The molecule has 0 fully saturated rings. The molecule has 0 unspecified atom stereocenters. The molecule has 3 N–H and O–H groups in total. The summed E-state index contributed by atoms with van der Waals surface area (Å²) in [6, 6.07) is 7.61. The first-order valence-corrected chi connectivity index (χ1v) is 7.84. The van der Waals surface area contributed by atoms with Crippen LogP contribution in [0.25, 0.3) is 0 Å². The van der Waals surface area contributed by atoms with Crippen LogP contribution in [0, 0.1) is 0 Å². The number of amides is 1. The Morgan fingerprint density at radius 2 is 2.10 bits per heavy atom. The van der Waals surface area contributed by atoms with Crippen LogP contribution in [0.5, 0.6) is 0 Å². The van der Waals surface area contributed by atoms with Gasteiger partial charge in [0.2, 0.25) is 0 Å². The van der Waals surface area contributed by atoms with E-state index in [1.54, 1.807) is 11.8 Å². The number of carbonyl (C=O) groups excluding carboxylic acids is 1. The number of carbonyl (C=O) groups is 1. The van der Waals surface area contributed by atoms with Gasteiger partial charge in [-0.05, 0) is 24.2 Å². The maximum absolute atomic E-state index is 11.9. The quantitative estimate of drug-likeness (QED) is 0.508. The molecule has 0 spiro atoms. The van der Waals surface area contributed by atoms with Crippen LogP contribution in [0.15, 0.2) is 35.7 Å². The number of nitrogens with zero attached hydrogens (tertiary/aromatic N) is 2. The molecule has 1 aromatic heterocycles. The van der Waals surface area contributed by atoms with E-state index in [9.17, 15) is 4.79 Å². The zero-order valence-electron chi connectivity index (χ0n) is 11.9. The largest absolute Gasteiger partial charge is 0.351 e. The number of aromatic nitrogens is 3. The molecule has 21 heavy (non-hydrogen) atoms. The van der Waals surface area contributed by atoms with Crippen molar-refractivity contribution in [2.45, 2.75) is 17.8 Å². The van der Waals surface area contributed by atoms with Gasteiger partial charge in [0.05, 0.1) is 0 Å². The Bertz CT molecular complexity index is 541. The molecule has 2 rings (SSSR count). The van der Waals surface area contributed by atoms with Crippen LogP contribution in [0.3, 0.4) is 0 Å². The number of H-pyrrole nitrogens is 1. The van der Waals surface area contributed by atoms with Crippen molar-refractivity contribution >= 4 is 17.7 Å². The highest BCUT2D eigenvalue weighted by atomic mass is 32.2. The van der Waals surface area contributed by atoms with Gasteiger partial charge in [-0.25, -0.2) is 4.98 Å². The lowest BCUT2D eigenvalue weighted by Crippen LogP contribution is -2.31. The van der Waals surface area contributed by atoms with E-state index in [-0.39, 0.29) is 5.91 Å². The standard InChI is InChI=1S/C14H19N5OS/c1-2-15-7-8-16-13(20)12-5-3-11(4-6-12)9-21-14-17-10-18-19-14/h3-6,10,15H,2,7-9H2,1H3,(H,16,20)(H,17,18,19). The number of rotatable bonds is 8. The zero-order valence-corrected chi connectivity index (χ0v) is 12.7. The van der Waals surface area contributed by atoms with E-state index in [2.05, 4.69) is 25.8 Å². The van der Waals surface area contributed by atoms with Crippen molar-refractivity contribution in [2.75, 3.05) is 19.6 Å². The Morgan fingerprint density at radius 1 is 1.29 bits per heavy atom. The minimum absolute atomic E-state index is 0.0395. The second-order valence-electron chi connectivity index (χ2n) is 4.39.